The third kappa shape index (κ3) is 4.83. The fraction of sp³-hybridized carbons (Fsp3) is 0.381. The van der Waals surface area contributed by atoms with Gasteiger partial charge in [0.05, 0.1) is 16.9 Å². The van der Waals surface area contributed by atoms with Crippen LogP contribution in [0.25, 0.3) is 10.9 Å². The van der Waals surface area contributed by atoms with Crippen LogP contribution in [0, 0.1) is 5.92 Å². The van der Waals surface area contributed by atoms with Crippen molar-refractivity contribution < 1.29 is 4.79 Å². The maximum Gasteiger partial charge on any atom is 0.320 e. The lowest BCUT2D eigenvalue weighted by Crippen LogP contribution is -2.31. The molecule has 4 rings (SSSR count). The summed E-state index contributed by atoms with van der Waals surface area (Å²) in [5.41, 5.74) is 1.88. The van der Waals surface area contributed by atoms with E-state index in [1.165, 1.54) is 12.8 Å². The molecule has 0 bridgehead atoms. The number of H-pyrrole nitrogens is 1. The minimum atomic E-state index is -0.294. The van der Waals surface area contributed by atoms with E-state index in [4.69, 9.17) is 0 Å². The van der Waals surface area contributed by atoms with Crippen molar-refractivity contribution in [1.29, 1.82) is 0 Å². The summed E-state index contributed by atoms with van der Waals surface area (Å²) >= 11 is 0. The number of piperidine rings is 1. The van der Waals surface area contributed by atoms with Crippen LogP contribution < -0.4 is 21.3 Å². The molecule has 2 aromatic heterocycles. The zero-order chi connectivity index (χ0) is 20.1. The van der Waals surface area contributed by atoms with Gasteiger partial charge in [0.1, 0.15) is 5.82 Å². The molecule has 8 nitrogen and oxygen atoms in total. The van der Waals surface area contributed by atoms with Gasteiger partial charge in [-0.15, -0.1) is 0 Å². The third-order valence-electron chi connectivity index (χ3n) is 5.35. The zero-order valence-electron chi connectivity index (χ0n) is 16.5. The summed E-state index contributed by atoms with van der Waals surface area (Å²) in [7, 11) is 0. The first-order valence-corrected chi connectivity index (χ1v) is 10.1. The third-order valence-corrected chi connectivity index (χ3v) is 5.35. The van der Waals surface area contributed by atoms with Crippen molar-refractivity contribution in [3.05, 3.63) is 48.2 Å². The predicted molar refractivity (Wildman–Crippen MR) is 115 cm³/mol. The van der Waals surface area contributed by atoms with Gasteiger partial charge in [-0.2, -0.15) is 5.10 Å². The number of carbonyl (C=O) groups is 1. The number of fused-ring (bicyclic) bond motifs is 1. The van der Waals surface area contributed by atoms with E-state index < -0.39 is 0 Å². The van der Waals surface area contributed by atoms with Gasteiger partial charge in [-0.1, -0.05) is 30.3 Å². The van der Waals surface area contributed by atoms with Crippen molar-refractivity contribution in [2.75, 3.05) is 30.3 Å². The average Bonchev–Trinajstić information content (AvgIpc) is 3.15. The van der Waals surface area contributed by atoms with Crippen molar-refractivity contribution >= 4 is 28.6 Å². The summed E-state index contributed by atoms with van der Waals surface area (Å²) in [6.45, 7) is 5.01. The molecule has 29 heavy (non-hydrogen) atoms. The van der Waals surface area contributed by atoms with Gasteiger partial charge in [-0.05, 0) is 44.3 Å². The second-order valence-corrected chi connectivity index (χ2v) is 7.49. The number of aromatic amines is 1. The first-order valence-electron chi connectivity index (χ1n) is 10.1. The van der Waals surface area contributed by atoms with Crippen LogP contribution in [0.3, 0.4) is 0 Å². The number of carbonyl (C=O) groups excluding carboxylic acids is 1. The van der Waals surface area contributed by atoms with E-state index in [0.717, 1.165) is 41.9 Å². The Morgan fingerprint density at radius 3 is 2.83 bits per heavy atom. The molecule has 152 valence electrons. The molecular weight excluding hydrogens is 366 g/mol. The fourth-order valence-corrected chi connectivity index (χ4v) is 3.62. The van der Waals surface area contributed by atoms with Gasteiger partial charge in [-0.25, -0.2) is 9.78 Å². The molecule has 3 heterocycles. The topological polar surface area (TPSA) is 107 Å². The zero-order valence-corrected chi connectivity index (χ0v) is 16.5. The number of hydrogen-bond donors (Lipinski definition) is 5. The summed E-state index contributed by atoms with van der Waals surface area (Å²) in [5, 5.41) is 20.8. The Balaban J connectivity index is 1.35. The van der Waals surface area contributed by atoms with Crippen molar-refractivity contribution in [2.45, 2.75) is 25.8 Å². The Hall–Kier alpha value is -3.13. The van der Waals surface area contributed by atoms with Gasteiger partial charge in [0.15, 0.2) is 5.82 Å². The molecule has 2 amide bonds. The highest BCUT2D eigenvalue weighted by atomic mass is 16.2. The highest BCUT2D eigenvalue weighted by Crippen LogP contribution is 2.23. The summed E-state index contributed by atoms with van der Waals surface area (Å²) < 4.78 is 0. The lowest BCUT2D eigenvalue weighted by molar-refractivity contribution is 0.249. The Morgan fingerprint density at radius 2 is 2.03 bits per heavy atom. The highest BCUT2D eigenvalue weighted by molar-refractivity contribution is 5.94. The quantitative estimate of drug-likeness (QED) is 0.442. The number of benzene rings is 1. The van der Waals surface area contributed by atoms with Gasteiger partial charge < -0.3 is 16.0 Å². The number of rotatable bonds is 6. The maximum absolute atomic E-state index is 12.3. The summed E-state index contributed by atoms with van der Waals surface area (Å²) in [4.78, 5) is 16.7. The normalized spacial score (nSPS) is 15.8. The van der Waals surface area contributed by atoms with Crippen molar-refractivity contribution in [3.63, 3.8) is 0 Å². The summed E-state index contributed by atoms with van der Waals surface area (Å²) in [6, 6.07) is 11.2. The number of pyridine rings is 1. The molecule has 3 aromatic rings. The van der Waals surface area contributed by atoms with Crippen molar-refractivity contribution in [2.24, 2.45) is 5.92 Å². The van der Waals surface area contributed by atoms with Crippen LogP contribution in [0.1, 0.15) is 31.4 Å². The fourth-order valence-electron chi connectivity index (χ4n) is 3.62. The minimum absolute atomic E-state index is 0.0992. The Bertz CT molecular complexity index is 950. The molecule has 0 unspecified atom stereocenters. The molecular formula is C21H27N7O. The van der Waals surface area contributed by atoms with Crippen LogP contribution in [0.4, 0.5) is 16.4 Å². The van der Waals surface area contributed by atoms with E-state index in [2.05, 4.69) is 36.4 Å². The molecule has 1 aromatic carbocycles. The van der Waals surface area contributed by atoms with E-state index in [1.807, 2.05) is 37.3 Å². The predicted octanol–water partition coefficient (Wildman–Crippen LogP) is 3.25. The molecule has 5 N–H and O–H groups in total. The molecule has 0 spiro atoms. The molecule has 8 heteroatoms. The number of aromatic nitrogens is 3. The lowest BCUT2D eigenvalue weighted by atomic mass is 9.98. The molecule has 1 aliphatic heterocycles. The Morgan fingerprint density at radius 1 is 1.24 bits per heavy atom. The van der Waals surface area contributed by atoms with Gasteiger partial charge in [-0.3, -0.25) is 10.4 Å². The lowest BCUT2D eigenvalue weighted by Gasteiger charge is -2.22. The molecule has 0 saturated carbocycles. The number of nitrogens with one attached hydrogen (secondary N) is 5. The number of nitrogens with zero attached hydrogens (tertiary/aromatic N) is 2. The smallest absolute Gasteiger partial charge is 0.320 e. The number of amides is 2. The second kappa shape index (κ2) is 8.91. The van der Waals surface area contributed by atoms with Crippen LogP contribution in [0.15, 0.2) is 42.6 Å². The van der Waals surface area contributed by atoms with Crippen LogP contribution >= 0.6 is 0 Å². The highest BCUT2D eigenvalue weighted by Gasteiger charge is 2.15. The molecule has 0 radical (unpaired) electrons. The van der Waals surface area contributed by atoms with E-state index >= 15 is 0 Å². The molecule has 0 aliphatic carbocycles. The van der Waals surface area contributed by atoms with E-state index in [1.54, 1.807) is 12.3 Å². The van der Waals surface area contributed by atoms with E-state index in [-0.39, 0.29) is 12.1 Å². The number of anilines is 2. The SMILES string of the molecule is C[C@@H](NC(=O)Nc1cc2[nH]nc(NCC3CCNCC3)c2cn1)c1ccccc1. The first-order chi connectivity index (χ1) is 14.2. The van der Waals surface area contributed by atoms with Crippen LogP contribution in [0.5, 0.6) is 0 Å². The Labute approximate surface area is 169 Å². The minimum Gasteiger partial charge on any atom is -0.368 e. The molecule has 1 fully saturated rings. The monoisotopic (exact) mass is 393 g/mol. The van der Waals surface area contributed by atoms with Crippen LogP contribution in [0.2, 0.25) is 0 Å². The summed E-state index contributed by atoms with van der Waals surface area (Å²) in [5.74, 6) is 1.94. The van der Waals surface area contributed by atoms with Gasteiger partial charge in [0.25, 0.3) is 0 Å². The van der Waals surface area contributed by atoms with Gasteiger partial charge >= 0.3 is 6.03 Å². The van der Waals surface area contributed by atoms with Gasteiger partial charge in [0, 0.05) is 18.8 Å². The Kier molecular flexibility index (Phi) is 5.90. The standard InChI is InChI=1S/C21H27N7O/c1-14(16-5-3-2-4-6-16)25-21(29)26-19-11-18-17(13-23-19)20(28-27-18)24-12-15-7-9-22-10-8-15/h2-6,11,13-15,22H,7-10,12H2,1H3,(H2,24,27,28)(H2,23,25,26,29)/t14-/m1/s1. The number of hydrogen-bond acceptors (Lipinski definition) is 5. The first kappa shape index (κ1) is 19.2. The van der Waals surface area contributed by atoms with E-state index in [9.17, 15) is 4.79 Å². The second-order valence-electron chi connectivity index (χ2n) is 7.49. The number of urea groups is 1. The average molecular weight is 393 g/mol. The van der Waals surface area contributed by atoms with Crippen LogP contribution in [-0.4, -0.2) is 40.8 Å². The van der Waals surface area contributed by atoms with E-state index in [0.29, 0.717) is 11.7 Å². The molecule has 1 atom stereocenters. The summed E-state index contributed by atoms with van der Waals surface area (Å²) in [6.07, 6.45) is 4.09. The maximum atomic E-state index is 12.3. The van der Waals surface area contributed by atoms with Crippen molar-refractivity contribution in [3.8, 4) is 0 Å². The van der Waals surface area contributed by atoms with Gasteiger partial charge in [0.2, 0.25) is 0 Å². The van der Waals surface area contributed by atoms with Crippen LogP contribution in [-0.2, 0) is 0 Å². The largest absolute Gasteiger partial charge is 0.368 e. The molecule has 1 aliphatic rings. The van der Waals surface area contributed by atoms with Crippen molar-refractivity contribution in [1.82, 2.24) is 25.8 Å². The molecule has 1 saturated heterocycles.